The first-order chi connectivity index (χ1) is 17.3. The number of hydrogen-bond acceptors (Lipinski definition) is 5. The largest absolute Gasteiger partial charge is 0.445 e. The zero-order chi connectivity index (χ0) is 25.3. The minimum atomic E-state index is -4.88. The Morgan fingerprint density at radius 1 is 0.917 bits per heavy atom. The SMILES string of the molecule is O=C(ON1C=COc2c(c(C(F)(F)F)nn2-c2ccc(F)cc2)C1c1ccccc1)c1ccccc1. The maximum atomic E-state index is 14.3. The molecule has 182 valence electrons. The van der Waals surface area contributed by atoms with Crippen LogP contribution in [-0.4, -0.2) is 20.8 Å². The molecule has 10 heteroatoms. The Kier molecular flexibility index (Phi) is 5.93. The zero-order valence-electron chi connectivity index (χ0n) is 18.4. The number of benzene rings is 3. The topological polar surface area (TPSA) is 56.6 Å². The van der Waals surface area contributed by atoms with E-state index in [4.69, 9.17) is 9.57 Å². The summed E-state index contributed by atoms with van der Waals surface area (Å²) >= 11 is 0. The average molecular weight is 495 g/mol. The molecular weight excluding hydrogens is 478 g/mol. The number of hydrogen-bond donors (Lipinski definition) is 0. The van der Waals surface area contributed by atoms with Crippen molar-refractivity contribution in [2.24, 2.45) is 0 Å². The smallest absolute Gasteiger partial charge is 0.435 e. The quantitative estimate of drug-likeness (QED) is 0.323. The molecule has 1 unspecified atom stereocenters. The number of nitrogens with zero attached hydrogens (tertiary/aromatic N) is 3. The molecule has 1 aliphatic rings. The summed E-state index contributed by atoms with van der Waals surface area (Å²) in [6, 6.07) is 19.8. The molecule has 0 radical (unpaired) electrons. The first kappa shape index (κ1) is 23.2. The Balaban J connectivity index is 1.69. The van der Waals surface area contributed by atoms with Crippen LogP contribution in [0.15, 0.2) is 97.4 Å². The van der Waals surface area contributed by atoms with Gasteiger partial charge in [0.05, 0.1) is 23.0 Å². The molecule has 0 saturated heterocycles. The second-order valence-corrected chi connectivity index (χ2v) is 7.77. The van der Waals surface area contributed by atoms with Crippen LogP contribution in [0.5, 0.6) is 5.88 Å². The lowest BCUT2D eigenvalue weighted by Crippen LogP contribution is -2.29. The molecule has 0 amide bonds. The molecule has 0 spiro atoms. The van der Waals surface area contributed by atoms with Gasteiger partial charge in [-0.3, -0.25) is 0 Å². The Labute approximate surface area is 202 Å². The molecule has 36 heavy (non-hydrogen) atoms. The number of aromatic nitrogens is 2. The van der Waals surface area contributed by atoms with Gasteiger partial charge in [-0.05, 0) is 42.0 Å². The van der Waals surface area contributed by atoms with Crippen LogP contribution in [0, 0.1) is 5.82 Å². The van der Waals surface area contributed by atoms with Crippen molar-refractivity contribution in [2.45, 2.75) is 12.2 Å². The molecule has 3 aromatic carbocycles. The van der Waals surface area contributed by atoms with E-state index < -0.39 is 29.7 Å². The van der Waals surface area contributed by atoms with Gasteiger partial charge in [0.15, 0.2) is 5.69 Å². The van der Waals surface area contributed by atoms with Crippen molar-refractivity contribution in [3.63, 3.8) is 0 Å². The van der Waals surface area contributed by atoms with E-state index in [0.717, 1.165) is 28.1 Å². The van der Waals surface area contributed by atoms with Crippen LogP contribution in [0.2, 0.25) is 0 Å². The lowest BCUT2D eigenvalue weighted by molar-refractivity contribution is -0.144. The highest BCUT2D eigenvalue weighted by atomic mass is 19.4. The molecule has 2 heterocycles. The van der Waals surface area contributed by atoms with Crippen LogP contribution in [0.25, 0.3) is 5.69 Å². The highest BCUT2D eigenvalue weighted by Crippen LogP contribution is 2.45. The molecule has 0 aliphatic carbocycles. The third kappa shape index (κ3) is 4.40. The van der Waals surface area contributed by atoms with E-state index in [1.165, 1.54) is 30.5 Å². The van der Waals surface area contributed by atoms with E-state index in [0.29, 0.717) is 5.56 Å². The van der Waals surface area contributed by atoms with Gasteiger partial charge in [0.2, 0.25) is 5.88 Å². The standard InChI is InChI=1S/C26H17F4N3O3/c27-19-11-13-20(14-12-19)33-24-21(23(31-33)26(28,29)30)22(17-7-3-1-4-8-17)32(15-16-35-24)36-25(34)18-9-5-2-6-10-18/h1-16,22H. The maximum absolute atomic E-state index is 14.3. The van der Waals surface area contributed by atoms with Crippen LogP contribution in [0.4, 0.5) is 17.6 Å². The van der Waals surface area contributed by atoms with Gasteiger partial charge in [0, 0.05) is 0 Å². The second kappa shape index (κ2) is 9.21. The van der Waals surface area contributed by atoms with Gasteiger partial charge in [-0.1, -0.05) is 48.5 Å². The fraction of sp³-hybridized carbons (Fsp3) is 0.0769. The molecule has 5 rings (SSSR count). The predicted octanol–water partition coefficient (Wildman–Crippen LogP) is 6.06. The lowest BCUT2D eigenvalue weighted by Gasteiger charge is -2.28. The number of ether oxygens (including phenoxy) is 1. The van der Waals surface area contributed by atoms with Crippen LogP contribution in [0.3, 0.4) is 0 Å². The highest BCUT2D eigenvalue weighted by Gasteiger charge is 2.45. The summed E-state index contributed by atoms with van der Waals surface area (Å²) in [7, 11) is 0. The van der Waals surface area contributed by atoms with Crippen molar-refractivity contribution >= 4 is 5.97 Å². The molecule has 4 aromatic rings. The number of rotatable bonds is 4. The molecular formula is C26H17F4N3O3. The lowest BCUT2D eigenvalue weighted by atomic mass is 9.98. The van der Waals surface area contributed by atoms with Crippen molar-refractivity contribution in [3.8, 4) is 11.6 Å². The Bertz CT molecular complexity index is 1400. The molecule has 1 aliphatic heterocycles. The Hall–Kier alpha value is -4.60. The number of fused-ring (bicyclic) bond motifs is 1. The minimum Gasteiger partial charge on any atom is -0.445 e. The van der Waals surface area contributed by atoms with Crippen molar-refractivity contribution in [1.29, 1.82) is 0 Å². The Morgan fingerprint density at radius 2 is 1.56 bits per heavy atom. The highest BCUT2D eigenvalue weighted by molar-refractivity contribution is 5.89. The van der Waals surface area contributed by atoms with Gasteiger partial charge in [-0.15, -0.1) is 0 Å². The fourth-order valence-electron chi connectivity index (χ4n) is 3.86. The van der Waals surface area contributed by atoms with Gasteiger partial charge < -0.3 is 9.57 Å². The van der Waals surface area contributed by atoms with Gasteiger partial charge in [-0.25, -0.2) is 9.18 Å². The summed E-state index contributed by atoms with van der Waals surface area (Å²) in [6.07, 6.45) is -2.55. The number of hydroxylamine groups is 2. The third-order valence-corrected chi connectivity index (χ3v) is 5.45. The van der Waals surface area contributed by atoms with Crippen molar-refractivity contribution in [2.75, 3.05) is 0 Å². The normalized spacial score (nSPS) is 15.1. The summed E-state index contributed by atoms with van der Waals surface area (Å²) in [6.45, 7) is 0. The van der Waals surface area contributed by atoms with Gasteiger partial charge in [0.1, 0.15) is 18.1 Å². The molecule has 0 saturated carbocycles. The number of alkyl halides is 3. The second-order valence-electron chi connectivity index (χ2n) is 7.77. The first-order valence-corrected chi connectivity index (χ1v) is 10.7. The summed E-state index contributed by atoms with van der Waals surface area (Å²) in [4.78, 5) is 18.4. The van der Waals surface area contributed by atoms with Crippen LogP contribution in [-0.2, 0) is 11.0 Å². The van der Waals surface area contributed by atoms with Gasteiger partial charge in [0.25, 0.3) is 0 Å². The Morgan fingerprint density at radius 3 is 2.19 bits per heavy atom. The fourth-order valence-corrected chi connectivity index (χ4v) is 3.86. The zero-order valence-corrected chi connectivity index (χ0v) is 18.4. The van der Waals surface area contributed by atoms with E-state index in [-0.39, 0.29) is 22.7 Å². The maximum Gasteiger partial charge on any atom is 0.435 e. The van der Waals surface area contributed by atoms with E-state index >= 15 is 0 Å². The van der Waals surface area contributed by atoms with Crippen LogP contribution in [0.1, 0.15) is 33.2 Å². The average Bonchev–Trinajstić information content (AvgIpc) is 3.15. The number of carbonyl (C=O) groups excluding carboxylic acids is 1. The summed E-state index contributed by atoms with van der Waals surface area (Å²) in [5.74, 6) is -1.59. The van der Waals surface area contributed by atoms with Crippen molar-refractivity contribution in [3.05, 3.63) is 126 Å². The van der Waals surface area contributed by atoms with Crippen LogP contribution >= 0.6 is 0 Å². The molecule has 6 nitrogen and oxygen atoms in total. The van der Waals surface area contributed by atoms with Gasteiger partial charge in [-0.2, -0.15) is 28.0 Å². The molecule has 1 aromatic heterocycles. The van der Waals surface area contributed by atoms with Crippen molar-refractivity contribution in [1.82, 2.24) is 14.8 Å². The summed E-state index contributed by atoms with van der Waals surface area (Å²) < 4.78 is 63.0. The van der Waals surface area contributed by atoms with Gasteiger partial charge >= 0.3 is 12.1 Å². The summed E-state index contributed by atoms with van der Waals surface area (Å²) in [5.41, 5.74) is -0.859. The van der Waals surface area contributed by atoms with E-state index in [9.17, 15) is 22.4 Å². The number of carbonyl (C=O) groups is 1. The molecule has 0 bridgehead atoms. The molecule has 1 atom stereocenters. The first-order valence-electron chi connectivity index (χ1n) is 10.7. The number of halogens is 4. The van der Waals surface area contributed by atoms with Crippen molar-refractivity contribution < 1.29 is 31.9 Å². The van der Waals surface area contributed by atoms with Crippen LogP contribution < -0.4 is 4.74 Å². The van der Waals surface area contributed by atoms with E-state index in [1.807, 2.05) is 0 Å². The minimum absolute atomic E-state index is 0.151. The third-order valence-electron chi connectivity index (χ3n) is 5.45. The van der Waals surface area contributed by atoms with E-state index in [1.54, 1.807) is 48.5 Å². The molecule has 0 fully saturated rings. The monoisotopic (exact) mass is 495 g/mol. The summed E-state index contributed by atoms with van der Waals surface area (Å²) in [5, 5.41) is 4.80. The molecule has 0 N–H and O–H groups in total. The van der Waals surface area contributed by atoms with E-state index in [2.05, 4.69) is 5.10 Å². The predicted molar refractivity (Wildman–Crippen MR) is 120 cm³/mol.